The minimum absolute atomic E-state index is 0.216. The maximum atomic E-state index is 14.4. The van der Waals surface area contributed by atoms with Crippen molar-refractivity contribution in [2.24, 2.45) is 0 Å². The number of rotatable bonds is 7. The van der Waals surface area contributed by atoms with E-state index in [1.54, 1.807) is 6.92 Å². The maximum Gasteiger partial charge on any atom is 0.267 e. The van der Waals surface area contributed by atoms with Gasteiger partial charge in [-0.05, 0) is 59.5 Å². The molecule has 0 bridgehead atoms. The molecule has 7 nitrogen and oxygen atoms in total. The first-order chi connectivity index (χ1) is 18.4. The van der Waals surface area contributed by atoms with Gasteiger partial charge >= 0.3 is 0 Å². The van der Waals surface area contributed by atoms with E-state index in [1.807, 2.05) is 4.72 Å². The molecule has 0 fully saturated rings. The minimum Gasteiger partial charge on any atom is -0.372 e. The number of aryl methyl sites for hydroxylation is 1. The van der Waals surface area contributed by atoms with Crippen LogP contribution < -0.4 is 4.72 Å². The summed E-state index contributed by atoms with van der Waals surface area (Å²) in [7, 11) is -12.7. The molecule has 37 heavy (non-hydrogen) atoms. The summed E-state index contributed by atoms with van der Waals surface area (Å²) in [5.74, 6) is -2.15. The van der Waals surface area contributed by atoms with Gasteiger partial charge < -0.3 is 4.74 Å². The lowest BCUT2D eigenvalue weighted by Crippen LogP contribution is -2.45. The van der Waals surface area contributed by atoms with Crippen molar-refractivity contribution in [2.45, 2.75) is 48.0 Å². The quantitative estimate of drug-likeness (QED) is 0.293. The number of nitrogens with one attached hydrogen (secondary N) is 1. The highest BCUT2D eigenvalue weighted by atomic mass is 79.9. The Labute approximate surface area is 223 Å². The van der Waals surface area contributed by atoms with Gasteiger partial charge in [-0.25, -0.2) is 38.4 Å². The van der Waals surface area contributed by atoms with Gasteiger partial charge in [0.25, 0.3) is 26.5 Å². The summed E-state index contributed by atoms with van der Waals surface area (Å²) in [6, 6.07) is 6.63. The highest BCUT2D eigenvalue weighted by molar-refractivity contribution is 9.10. The van der Waals surface area contributed by atoms with E-state index < -0.39 is 86.3 Å². The average molecular weight is 628 g/mol. The second kappa shape index (κ2) is 9.71. The molecule has 1 aliphatic rings. The van der Waals surface area contributed by atoms with Gasteiger partial charge in [0.2, 0.25) is 0 Å². The first kappa shape index (κ1) is 23.7. The van der Waals surface area contributed by atoms with Crippen LogP contribution in [0.2, 0.25) is 0 Å². The molecule has 1 heterocycles. The number of hydrogen-bond donors (Lipinski definition) is 1. The van der Waals surface area contributed by atoms with Crippen LogP contribution >= 0.6 is 15.9 Å². The molecule has 0 amide bonds. The van der Waals surface area contributed by atoms with Crippen molar-refractivity contribution in [1.29, 1.82) is 0 Å². The number of methoxy groups -OCH3 is 1. The Morgan fingerprint density at radius 3 is 2.43 bits per heavy atom. The third kappa shape index (κ3) is 4.91. The molecule has 1 unspecified atom stereocenters. The SMILES string of the molecule is [2H]C([2H])([2H])OC1(C(F)F)CCc2c(S(=O)(=O)Nc3cc(F)c(Br)cc3F)cn(S(=O)(=O)c3ccc(C)cc3)c2C1. The molecule has 3 aromatic rings. The standard InChI is InChI=1S/C23H21BrF4N2O5S2/c1-13-3-5-14(6-4-13)37(33,34)30-12-21(15-7-8-23(35-2,22(27)28)11-20(15)30)36(31,32)29-19-10-17(25)16(24)9-18(19)26/h3-6,9-10,12,22,29H,7-8,11H2,1-2H3/i2D3. The van der Waals surface area contributed by atoms with Crippen LogP contribution in [0.5, 0.6) is 0 Å². The van der Waals surface area contributed by atoms with Crippen molar-refractivity contribution >= 4 is 41.7 Å². The molecule has 200 valence electrons. The molecule has 1 atom stereocenters. The van der Waals surface area contributed by atoms with Crippen LogP contribution in [-0.4, -0.2) is 39.9 Å². The second-order valence-electron chi connectivity index (χ2n) is 8.53. The van der Waals surface area contributed by atoms with Crippen LogP contribution in [0.25, 0.3) is 0 Å². The van der Waals surface area contributed by atoms with Gasteiger partial charge in [0.1, 0.15) is 22.1 Å². The molecule has 0 aliphatic heterocycles. The van der Waals surface area contributed by atoms with Crippen LogP contribution in [0.15, 0.2) is 56.9 Å². The number of nitrogens with zero attached hydrogens (tertiary/aromatic N) is 1. The van der Waals surface area contributed by atoms with Crippen molar-refractivity contribution < 1.29 is 43.2 Å². The summed E-state index contributed by atoms with van der Waals surface area (Å²) in [4.78, 5) is -1.00. The fourth-order valence-electron chi connectivity index (χ4n) is 4.09. The van der Waals surface area contributed by atoms with E-state index in [-0.39, 0.29) is 14.9 Å². The lowest BCUT2D eigenvalue weighted by Gasteiger charge is -2.35. The van der Waals surface area contributed by atoms with Gasteiger partial charge in [-0.15, -0.1) is 0 Å². The minimum atomic E-state index is -4.82. The molecule has 0 spiro atoms. The molecule has 2 aromatic carbocycles. The van der Waals surface area contributed by atoms with E-state index in [4.69, 9.17) is 8.85 Å². The Balaban J connectivity index is 1.92. The summed E-state index contributed by atoms with van der Waals surface area (Å²) >= 11 is 2.77. The first-order valence-corrected chi connectivity index (χ1v) is 14.3. The topological polar surface area (TPSA) is 94.5 Å². The molecule has 1 N–H and O–H groups in total. The van der Waals surface area contributed by atoms with E-state index >= 15 is 0 Å². The third-order valence-corrected chi connectivity index (χ3v) is 9.87. The number of ether oxygens (including phenoxy) is 1. The molecular formula is C23H21BrF4N2O5S2. The third-order valence-electron chi connectivity index (χ3n) is 6.13. The molecule has 1 aromatic heterocycles. The zero-order valence-electron chi connectivity index (χ0n) is 21.9. The Bertz CT molecular complexity index is 1680. The predicted molar refractivity (Wildman–Crippen MR) is 131 cm³/mol. The number of anilines is 1. The van der Waals surface area contributed by atoms with E-state index in [1.165, 1.54) is 24.3 Å². The number of benzene rings is 2. The number of halogens is 5. The van der Waals surface area contributed by atoms with E-state index in [0.717, 1.165) is 0 Å². The van der Waals surface area contributed by atoms with Crippen molar-refractivity contribution in [2.75, 3.05) is 11.8 Å². The molecule has 0 radical (unpaired) electrons. The van der Waals surface area contributed by atoms with E-state index in [0.29, 0.717) is 27.9 Å². The van der Waals surface area contributed by atoms with Gasteiger partial charge in [-0.3, -0.25) is 4.72 Å². The number of alkyl halides is 2. The monoisotopic (exact) mass is 627 g/mol. The molecular weight excluding hydrogens is 604 g/mol. The van der Waals surface area contributed by atoms with Crippen molar-refractivity contribution in [3.05, 3.63) is 75.5 Å². The number of aromatic nitrogens is 1. The van der Waals surface area contributed by atoms with Crippen LogP contribution in [0.4, 0.5) is 23.2 Å². The smallest absolute Gasteiger partial charge is 0.267 e. The maximum absolute atomic E-state index is 14.4. The number of hydrogen-bond acceptors (Lipinski definition) is 5. The summed E-state index contributed by atoms with van der Waals surface area (Å²) in [5.41, 5.74) is -3.41. The zero-order valence-corrected chi connectivity index (χ0v) is 22.2. The van der Waals surface area contributed by atoms with Crippen LogP contribution in [0, 0.1) is 18.6 Å². The lowest BCUT2D eigenvalue weighted by atomic mass is 9.84. The highest BCUT2D eigenvalue weighted by Gasteiger charge is 2.47. The average Bonchev–Trinajstić information content (AvgIpc) is 3.22. The lowest BCUT2D eigenvalue weighted by molar-refractivity contribution is -0.128. The van der Waals surface area contributed by atoms with Gasteiger partial charge in [0, 0.05) is 31.4 Å². The summed E-state index contributed by atoms with van der Waals surface area (Å²) in [6.45, 7) is 1.69. The molecule has 14 heteroatoms. The molecule has 1 aliphatic carbocycles. The van der Waals surface area contributed by atoms with Crippen molar-refractivity contribution in [3.63, 3.8) is 0 Å². The fraction of sp³-hybridized carbons (Fsp3) is 0.304. The largest absolute Gasteiger partial charge is 0.372 e. The number of sulfonamides is 1. The highest BCUT2D eigenvalue weighted by Crippen LogP contribution is 2.41. The fourth-order valence-corrected chi connectivity index (χ4v) is 7.23. The Hall–Kier alpha value is -2.42. The Morgan fingerprint density at radius 2 is 1.81 bits per heavy atom. The first-order valence-electron chi connectivity index (χ1n) is 12.1. The zero-order chi connectivity index (χ0) is 29.8. The number of fused-ring (bicyclic) bond motifs is 1. The van der Waals surface area contributed by atoms with E-state index in [9.17, 15) is 34.4 Å². The Morgan fingerprint density at radius 1 is 1.14 bits per heavy atom. The van der Waals surface area contributed by atoms with Gasteiger partial charge in [-0.1, -0.05) is 17.7 Å². The molecule has 0 saturated carbocycles. The Kier molecular flexibility index (Phi) is 6.22. The summed E-state index contributed by atoms with van der Waals surface area (Å²) in [6.07, 6.45) is -4.88. The van der Waals surface area contributed by atoms with Gasteiger partial charge in [0.05, 0.1) is 19.2 Å². The summed E-state index contributed by atoms with van der Waals surface area (Å²) in [5, 5.41) is 0. The van der Waals surface area contributed by atoms with Crippen molar-refractivity contribution in [1.82, 2.24) is 3.97 Å². The predicted octanol–water partition coefficient (Wildman–Crippen LogP) is 5.01. The summed E-state index contributed by atoms with van der Waals surface area (Å²) < 4.78 is 140. The second-order valence-corrected chi connectivity index (χ2v) is 12.8. The van der Waals surface area contributed by atoms with E-state index in [2.05, 4.69) is 15.9 Å². The van der Waals surface area contributed by atoms with Gasteiger partial charge in [-0.2, -0.15) is 0 Å². The molecule has 4 rings (SSSR count). The van der Waals surface area contributed by atoms with Gasteiger partial charge in [0.15, 0.2) is 0 Å². The van der Waals surface area contributed by atoms with Crippen molar-refractivity contribution in [3.8, 4) is 0 Å². The normalized spacial score (nSPS) is 19.7. The van der Waals surface area contributed by atoms with Crippen LogP contribution in [-0.2, 0) is 37.6 Å². The van der Waals surface area contributed by atoms with Crippen LogP contribution in [0.3, 0.4) is 0 Å². The molecule has 0 saturated heterocycles. The van der Waals surface area contributed by atoms with Crippen LogP contribution in [0.1, 0.15) is 27.4 Å².